The van der Waals surface area contributed by atoms with Crippen LogP contribution in [0.15, 0.2) is 36.5 Å². The summed E-state index contributed by atoms with van der Waals surface area (Å²) < 4.78 is 16.0. The summed E-state index contributed by atoms with van der Waals surface area (Å²) in [5.74, 6) is 1.97. The molecule has 1 amide bonds. The summed E-state index contributed by atoms with van der Waals surface area (Å²) in [4.78, 5) is 25.9. The molecule has 11 heteroatoms. The third-order valence-corrected chi connectivity index (χ3v) is 9.47. The van der Waals surface area contributed by atoms with Crippen molar-refractivity contribution in [3.05, 3.63) is 47.8 Å². The monoisotopic (exact) mass is 568 g/mol. The number of aromatic nitrogens is 5. The van der Waals surface area contributed by atoms with Crippen molar-refractivity contribution in [1.29, 1.82) is 0 Å². The average molecular weight is 569 g/mol. The lowest BCUT2D eigenvalue weighted by atomic mass is 9.92. The summed E-state index contributed by atoms with van der Waals surface area (Å²) in [6, 6.07) is 10.1. The van der Waals surface area contributed by atoms with Gasteiger partial charge in [-0.15, -0.1) is 0 Å². The van der Waals surface area contributed by atoms with E-state index in [-0.39, 0.29) is 11.4 Å². The maximum atomic E-state index is 13.8. The number of hydrogen-bond acceptors (Lipinski definition) is 8. The molecule has 2 atom stereocenters. The summed E-state index contributed by atoms with van der Waals surface area (Å²) in [7, 11) is 1.88. The third kappa shape index (κ3) is 4.25. The minimum Gasteiger partial charge on any atom is -0.477 e. The summed E-state index contributed by atoms with van der Waals surface area (Å²) in [6.07, 6.45) is 5.04. The van der Waals surface area contributed by atoms with E-state index in [2.05, 4.69) is 43.4 Å². The lowest BCUT2D eigenvalue weighted by Crippen LogP contribution is -2.71. The van der Waals surface area contributed by atoms with Crippen molar-refractivity contribution in [2.45, 2.75) is 38.3 Å². The molecule has 4 bridgehead atoms. The fraction of sp³-hybridized carbons (Fsp3) is 0.484. The average Bonchev–Trinajstić information content (AvgIpc) is 3.67. The van der Waals surface area contributed by atoms with Gasteiger partial charge in [0.05, 0.1) is 53.8 Å². The number of rotatable bonds is 1. The van der Waals surface area contributed by atoms with Crippen molar-refractivity contribution in [3.8, 4) is 17.1 Å². The number of carbonyl (C=O) groups is 1. The number of pyridine rings is 1. The van der Waals surface area contributed by atoms with Crippen molar-refractivity contribution in [2.75, 3.05) is 49.7 Å². The van der Waals surface area contributed by atoms with Crippen molar-refractivity contribution >= 4 is 28.6 Å². The molecule has 3 aliphatic heterocycles. The second-order valence-electron chi connectivity index (χ2n) is 12.4. The standard InChI is InChI=1S/C31H36N8O3/c1-19-9-22-11-26(34-19)24-13-33-37(2)29(24)42-15-21-4-3-20(10-21)14-38-27-12-23(5-6-25(27)35-30(38)36-28(22)40)39-8-7-32-16-31(39)17-41-18-31/h5-6,9,11-13,20-21,32H,3-4,7-8,10,14-18H2,1-2H3,(H,35,36,40)/t20-,21+/m1/s1. The number of fused-ring (bicyclic) bond motifs is 9. The number of imidazole rings is 1. The lowest BCUT2D eigenvalue weighted by Gasteiger charge is -2.53. The molecule has 4 aliphatic rings. The first-order valence-corrected chi connectivity index (χ1v) is 15.0. The number of aryl methyl sites for hydroxylation is 2. The van der Waals surface area contributed by atoms with E-state index < -0.39 is 0 Å². The Hall–Kier alpha value is -3.96. The minimum absolute atomic E-state index is 0.00276. The van der Waals surface area contributed by atoms with Gasteiger partial charge >= 0.3 is 0 Å². The van der Waals surface area contributed by atoms with E-state index in [4.69, 9.17) is 19.4 Å². The van der Waals surface area contributed by atoms with Crippen LogP contribution in [-0.4, -0.2) is 75.2 Å². The van der Waals surface area contributed by atoms with Crippen LogP contribution in [0.1, 0.15) is 35.3 Å². The van der Waals surface area contributed by atoms with E-state index in [1.807, 2.05) is 26.1 Å². The van der Waals surface area contributed by atoms with Crippen molar-refractivity contribution in [3.63, 3.8) is 0 Å². The van der Waals surface area contributed by atoms with Gasteiger partial charge in [0, 0.05) is 50.2 Å². The molecule has 0 unspecified atom stereocenters. The smallest absolute Gasteiger partial charge is 0.258 e. The topological polar surface area (TPSA) is 111 Å². The van der Waals surface area contributed by atoms with Crippen LogP contribution in [0.3, 0.4) is 0 Å². The molecule has 4 aromatic rings. The number of nitrogens with zero attached hydrogens (tertiary/aromatic N) is 6. The number of anilines is 2. The van der Waals surface area contributed by atoms with Crippen molar-refractivity contribution < 1.29 is 14.3 Å². The molecule has 6 heterocycles. The number of ether oxygens (including phenoxy) is 2. The normalized spacial score (nSPS) is 23.4. The first-order valence-electron chi connectivity index (χ1n) is 15.0. The summed E-state index contributed by atoms with van der Waals surface area (Å²) in [6.45, 7) is 7.58. The van der Waals surface area contributed by atoms with E-state index in [1.54, 1.807) is 10.9 Å². The molecule has 11 nitrogen and oxygen atoms in total. The molecule has 42 heavy (non-hydrogen) atoms. The van der Waals surface area contributed by atoms with Crippen molar-refractivity contribution in [2.24, 2.45) is 18.9 Å². The van der Waals surface area contributed by atoms with Crippen LogP contribution in [0.5, 0.6) is 5.88 Å². The molecular formula is C31H36N8O3. The quantitative estimate of drug-likeness (QED) is 0.360. The molecule has 1 aromatic carbocycles. The number of amides is 1. The zero-order chi connectivity index (χ0) is 28.4. The van der Waals surface area contributed by atoms with Crippen LogP contribution < -0.4 is 20.3 Å². The molecule has 218 valence electrons. The Morgan fingerprint density at radius 3 is 2.83 bits per heavy atom. The molecule has 3 fully saturated rings. The second kappa shape index (κ2) is 9.81. The Morgan fingerprint density at radius 2 is 1.98 bits per heavy atom. The maximum absolute atomic E-state index is 13.8. The van der Waals surface area contributed by atoms with Gasteiger partial charge in [-0.3, -0.25) is 15.1 Å². The van der Waals surface area contributed by atoms with Crippen LogP contribution in [-0.2, 0) is 18.3 Å². The van der Waals surface area contributed by atoms with Crippen LogP contribution in [0.4, 0.5) is 11.6 Å². The van der Waals surface area contributed by atoms with Crippen LogP contribution in [0, 0.1) is 18.8 Å². The minimum atomic E-state index is -0.211. The van der Waals surface area contributed by atoms with E-state index in [0.29, 0.717) is 41.5 Å². The van der Waals surface area contributed by atoms with E-state index in [9.17, 15) is 4.79 Å². The van der Waals surface area contributed by atoms with Gasteiger partial charge in [0.25, 0.3) is 5.91 Å². The van der Waals surface area contributed by atoms with Gasteiger partial charge in [0.1, 0.15) is 0 Å². The fourth-order valence-corrected chi connectivity index (χ4v) is 7.24. The first-order chi connectivity index (χ1) is 20.5. The van der Waals surface area contributed by atoms with Gasteiger partial charge in [0.2, 0.25) is 11.8 Å². The molecule has 1 aliphatic carbocycles. The van der Waals surface area contributed by atoms with Gasteiger partial charge < -0.3 is 24.3 Å². The predicted octanol–water partition coefficient (Wildman–Crippen LogP) is 3.38. The first kappa shape index (κ1) is 25.7. The summed E-state index contributed by atoms with van der Waals surface area (Å²) >= 11 is 0. The predicted molar refractivity (Wildman–Crippen MR) is 159 cm³/mol. The van der Waals surface area contributed by atoms with Gasteiger partial charge in [0.15, 0.2) is 0 Å². The molecular weight excluding hydrogens is 532 g/mol. The largest absolute Gasteiger partial charge is 0.477 e. The molecule has 1 saturated carbocycles. The molecule has 3 aromatic heterocycles. The molecule has 1 spiro atoms. The highest BCUT2D eigenvalue weighted by molar-refractivity contribution is 6.05. The summed E-state index contributed by atoms with van der Waals surface area (Å²) in [5, 5.41) is 11.2. The van der Waals surface area contributed by atoms with E-state index in [1.165, 1.54) is 5.69 Å². The SMILES string of the molecule is Cc1cc2cc(n1)-c1cnn(C)c1OC[C@H]1CC[C@H](C1)Cn1c(nc3ccc(N4CCNCC45COC5)cc31)NC2=O. The number of carbonyl (C=O) groups excluding carboxylic acids is 1. The molecule has 2 N–H and O–H groups in total. The Kier molecular flexibility index (Phi) is 6.01. The van der Waals surface area contributed by atoms with Crippen LogP contribution >= 0.6 is 0 Å². The van der Waals surface area contributed by atoms with Crippen LogP contribution in [0.25, 0.3) is 22.3 Å². The highest BCUT2D eigenvalue weighted by Crippen LogP contribution is 2.38. The van der Waals surface area contributed by atoms with Crippen molar-refractivity contribution in [1.82, 2.24) is 29.6 Å². The molecule has 2 saturated heterocycles. The Bertz CT molecular complexity index is 1690. The summed E-state index contributed by atoms with van der Waals surface area (Å²) in [5.41, 5.74) is 5.85. The lowest BCUT2D eigenvalue weighted by molar-refractivity contribution is -0.0615. The maximum Gasteiger partial charge on any atom is 0.258 e. The van der Waals surface area contributed by atoms with Gasteiger partial charge in [-0.25, -0.2) is 9.67 Å². The zero-order valence-corrected chi connectivity index (χ0v) is 24.1. The van der Waals surface area contributed by atoms with Gasteiger partial charge in [-0.2, -0.15) is 5.10 Å². The molecule has 0 radical (unpaired) electrons. The van der Waals surface area contributed by atoms with E-state index >= 15 is 0 Å². The van der Waals surface area contributed by atoms with Gasteiger partial charge in [-0.1, -0.05) is 0 Å². The number of hydrogen-bond donors (Lipinski definition) is 2. The van der Waals surface area contributed by atoms with E-state index in [0.717, 1.165) is 80.9 Å². The number of nitrogens with one attached hydrogen (secondary N) is 2. The Balaban J connectivity index is 1.22. The Labute approximate surface area is 244 Å². The zero-order valence-electron chi connectivity index (χ0n) is 24.1. The highest BCUT2D eigenvalue weighted by atomic mass is 16.5. The van der Waals surface area contributed by atoms with Gasteiger partial charge in [-0.05, 0) is 68.4 Å². The van der Waals surface area contributed by atoms with Crippen LogP contribution in [0.2, 0.25) is 0 Å². The second-order valence-corrected chi connectivity index (χ2v) is 12.4. The fourth-order valence-electron chi connectivity index (χ4n) is 7.24. The number of piperazine rings is 1. The third-order valence-electron chi connectivity index (χ3n) is 9.47. The number of benzene rings is 1. The molecule has 8 rings (SSSR count). The Morgan fingerprint density at radius 1 is 1.10 bits per heavy atom. The highest BCUT2D eigenvalue weighted by Gasteiger charge is 2.46.